The second kappa shape index (κ2) is 6.61. The number of nitrogens with one attached hydrogen (secondary N) is 1. The Bertz CT molecular complexity index is 567. The van der Waals surface area contributed by atoms with Crippen LogP contribution in [-0.4, -0.2) is 18.7 Å². The molecule has 0 saturated heterocycles. The molecule has 2 rings (SSSR count). The first-order valence-corrected chi connectivity index (χ1v) is 5.85. The molecule has 1 aromatic carbocycles. The first-order chi connectivity index (χ1) is 9.24. The van der Waals surface area contributed by atoms with Gasteiger partial charge in [0.05, 0.1) is 12.5 Å². The van der Waals surface area contributed by atoms with Gasteiger partial charge in [-0.3, -0.25) is 4.79 Å². The predicted molar refractivity (Wildman–Crippen MR) is 71.4 cm³/mol. The van der Waals surface area contributed by atoms with E-state index >= 15 is 0 Å². The fraction of sp³-hybridized carbons (Fsp3) is 0.0769. The van der Waals surface area contributed by atoms with Crippen LogP contribution in [-0.2, 0) is 4.79 Å². The average Bonchev–Trinajstić information content (AvgIpc) is 2.90. The Morgan fingerprint density at radius 3 is 3.05 bits per heavy atom. The van der Waals surface area contributed by atoms with Crippen LogP contribution in [0.1, 0.15) is 5.76 Å². The van der Waals surface area contributed by atoms with Gasteiger partial charge in [0.25, 0.3) is 5.91 Å². The monoisotopic (exact) mass is 278 g/mol. The second-order valence-electron chi connectivity index (χ2n) is 3.55. The Balaban J connectivity index is 1.76. The molecule has 0 radical (unpaired) electrons. The first-order valence-electron chi connectivity index (χ1n) is 5.48. The number of hydrogen-bond acceptors (Lipinski definition) is 4. The summed E-state index contributed by atoms with van der Waals surface area (Å²) in [6, 6.07) is 10.3. The number of carbonyl (C=O) groups is 1. The Kier molecular flexibility index (Phi) is 4.58. The van der Waals surface area contributed by atoms with Gasteiger partial charge in [-0.2, -0.15) is 5.10 Å². The van der Waals surface area contributed by atoms with Crippen molar-refractivity contribution in [2.45, 2.75) is 0 Å². The Labute approximate surface area is 114 Å². The second-order valence-corrected chi connectivity index (χ2v) is 3.99. The number of ether oxygens (including phenoxy) is 1. The molecule has 6 heteroatoms. The molecule has 19 heavy (non-hydrogen) atoms. The molecule has 1 amide bonds. The highest BCUT2D eigenvalue weighted by atomic mass is 35.5. The summed E-state index contributed by atoms with van der Waals surface area (Å²) in [5.41, 5.74) is 2.32. The topological polar surface area (TPSA) is 63.8 Å². The van der Waals surface area contributed by atoms with Crippen molar-refractivity contribution in [3.05, 3.63) is 53.4 Å². The van der Waals surface area contributed by atoms with Gasteiger partial charge in [-0.05, 0) is 30.3 Å². The van der Waals surface area contributed by atoms with E-state index in [1.165, 1.54) is 12.5 Å². The summed E-state index contributed by atoms with van der Waals surface area (Å²) in [4.78, 5) is 11.4. The molecule has 0 saturated carbocycles. The lowest BCUT2D eigenvalue weighted by Crippen LogP contribution is -2.24. The fourth-order valence-electron chi connectivity index (χ4n) is 1.27. The van der Waals surface area contributed by atoms with Crippen LogP contribution in [0.5, 0.6) is 5.75 Å². The van der Waals surface area contributed by atoms with Crippen LogP contribution in [0.25, 0.3) is 0 Å². The molecule has 0 aliphatic carbocycles. The third-order valence-electron chi connectivity index (χ3n) is 2.09. The van der Waals surface area contributed by atoms with Crippen LogP contribution in [0.2, 0.25) is 5.02 Å². The zero-order chi connectivity index (χ0) is 13.5. The summed E-state index contributed by atoms with van der Waals surface area (Å²) in [6.45, 7) is -0.143. The molecule has 98 valence electrons. The van der Waals surface area contributed by atoms with Crippen molar-refractivity contribution in [1.82, 2.24) is 5.43 Å². The van der Waals surface area contributed by atoms with E-state index in [1.807, 2.05) is 0 Å². The maximum atomic E-state index is 11.4. The summed E-state index contributed by atoms with van der Waals surface area (Å²) in [5.74, 6) is 0.705. The van der Waals surface area contributed by atoms with E-state index in [-0.39, 0.29) is 12.5 Å². The van der Waals surface area contributed by atoms with Gasteiger partial charge in [-0.15, -0.1) is 0 Å². The van der Waals surface area contributed by atoms with Crippen molar-refractivity contribution in [3.8, 4) is 5.75 Å². The van der Waals surface area contributed by atoms with Crippen LogP contribution in [0.3, 0.4) is 0 Å². The number of carbonyl (C=O) groups excluding carboxylic acids is 1. The van der Waals surface area contributed by atoms with Gasteiger partial charge in [0.2, 0.25) is 0 Å². The van der Waals surface area contributed by atoms with Crippen molar-refractivity contribution in [3.63, 3.8) is 0 Å². The summed E-state index contributed by atoms with van der Waals surface area (Å²) in [7, 11) is 0. The highest BCUT2D eigenvalue weighted by molar-refractivity contribution is 6.30. The number of benzene rings is 1. The highest BCUT2D eigenvalue weighted by Crippen LogP contribution is 2.16. The molecular formula is C13H11ClN2O3. The molecule has 0 atom stereocenters. The lowest BCUT2D eigenvalue weighted by atomic mass is 10.3. The SMILES string of the molecule is O=C(COc1cccc(Cl)c1)NN=Cc1ccco1. The van der Waals surface area contributed by atoms with Crippen molar-refractivity contribution in [2.24, 2.45) is 5.10 Å². The third-order valence-corrected chi connectivity index (χ3v) is 2.33. The van der Waals surface area contributed by atoms with Crippen LogP contribution in [0.4, 0.5) is 0 Å². The minimum absolute atomic E-state index is 0.143. The van der Waals surface area contributed by atoms with E-state index in [4.69, 9.17) is 20.8 Å². The fourth-order valence-corrected chi connectivity index (χ4v) is 1.45. The Morgan fingerprint density at radius 2 is 2.32 bits per heavy atom. The molecule has 0 unspecified atom stereocenters. The number of amides is 1. The number of halogens is 1. The molecule has 1 heterocycles. The summed E-state index contributed by atoms with van der Waals surface area (Å²) >= 11 is 5.79. The number of hydrazone groups is 1. The van der Waals surface area contributed by atoms with Gasteiger partial charge in [-0.1, -0.05) is 17.7 Å². The Morgan fingerprint density at radius 1 is 1.42 bits per heavy atom. The maximum absolute atomic E-state index is 11.4. The van der Waals surface area contributed by atoms with E-state index in [0.717, 1.165) is 0 Å². The summed E-state index contributed by atoms with van der Waals surface area (Å²) in [5, 5.41) is 4.27. The molecule has 0 aliphatic rings. The van der Waals surface area contributed by atoms with Crippen molar-refractivity contribution in [1.29, 1.82) is 0 Å². The third kappa shape index (κ3) is 4.48. The lowest BCUT2D eigenvalue weighted by Gasteiger charge is -2.04. The van der Waals surface area contributed by atoms with Crippen LogP contribution in [0, 0.1) is 0 Å². The van der Waals surface area contributed by atoms with Crippen molar-refractivity contribution in [2.75, 3.05) is 6.61 Å². The number of hydrogen-bond donors (Lipinski definition) is 1. The van der Waals surface area contributed by atoms with Gasteiger partial charge in [-0.25, -0.2) is 5.43 Å². The zero-order valence-electron chi connectivity index (χ0n) is 9.88. The highest BCUT2D eigenvalue weighted by Gasteiger charge is 2.01. The minimum atomic E-state index is -0.372. The standard InChI is InChI=1S/C13H11ClN2O3/c14-10-3-1-4-11(7-10)19-9-13(17)16-15-8-12-5-2-6-18-12/h1-8H,9H2,(H,16,17). The molecule has 1 aromatic heterocycles. The zero-order valence-corrected chi connectivity index (χ0v) is 10.6. The molecule has 2 aromatic rings. The van der Waals surface area contributed by atoms with Crippen LogP contribution >= 0.6 is 11.6 Å². The Hall–Kier alpha value is -2.27. The van der Waals surface area contributed by atoms with Crippen molar-refractivity contribution >= 4 is 23.7 Å². The van der Waals surface area contributed by atoms with Crippen LogP contribution in [0.15, 0.2) is 52.2 Å². The van der Waals surface area contributed by atoms with Gasteiger partial charge in [0.1, 0.15) is 11.5 Å². The van der Waals surface area contributed by atoms with E-state index in [0.29, 0.717) is 16.5 Å². The van der Waals surface area contributed by atoms with Gasteiger partial charge < -0.3 is 9.15 Å². The normalized spacial score (nSPS) is 10.6. The minimum Gasteiger partial charge on any atom is -0.484 e. The van der Waals surface area contributed by atoms with E-state index in [9.17, 15) is 4.79 Å². The number of nitrogens with zero attached hydrogens (tertiary/aromatic N) is 1. The average molecular weight is 279 g/mol. The van der Waals surface area contributed by atoms with Crippen molar-refractivity contribution < 1.29 is 13.9 Å². The van der Waals surface area contributed by atoms with Crippen LogP contribution < -0.4 is 10.2 Å². The first kappa shape index (κ1) is 13.2. The number of furan rings is 1. The molecule has 0 fully saturated rings. The lowest BCUT2D eigenvalue weighted by molar-refractivity contribution is -0.123. The predicted octanol–water partition coefficient (Wildman–Crippen LogP) is 2.46. The molecule has 0 aliphatic heterocycles. The summed E-state index contributed by atoms with van der Waals surface area (Å²) in [6.07, 6.45) is 2.92. The largest absolute Gasteiger partial charge is 0.484 e. The smallest absolute Gasteiger partial charge is 0.277 e. The summed E-state index contributed by atoms with van der Waals surface area (Å²) < 4.78 is 10.3. The molecule has 1 N–H and O–H groups in total. The van der Waals surface area contributed by atoms with E-state index < -0.39 is 0 Å². The van der Waals surface area contributed by atoms with Gasteiger partial charge in [0.15, 0.2) is 6.61 Å². The van der Waals surface area contributed by atoms with Gasteiger partial charge >= 0.3 is 0 Å². The number of rotatable bonds is 5. The van der Waals surface area contributed by atoms with E-state index in [2.05, 4.69) is 10.5 Å². The van der Waals surface area contributed by atoms with Gasteiger partial charge in [0, 0.05) is 5.02 Å². The van der Waals surface area contributed by atoms with E-state index in [1.54, 1.807) is 36.4 Å². The molecule has 5 nitrogen and oxygen atoms in total. The maximum Gasteiger partial charge on any atom is 0.277 e. The quantitative estimate of drug-likeness (QED) is 0.675. The molecule has 0 spiro atoms. The molecular weight excluding hydrogens is 268 g/mol. The molecule has 0 bridgehead atoms.